The molecule has 1 aliphatic heterocycles. The lowest BCUT2D eigenvalue weighted by Gasteiger charge is -2.22. The molecule has 1 amide bonds. The number of nitrogens with one attached hydrogen (secondary N) is 1. The zero-order chi connectivity index (χ0) is 16.2. The maximum Gasteiger partial charge on any atom is 0.272 e. The summed E-state index contributed by atoms with van der Waals surface area (Å²) in [7, 11) is 1.88. The van der Waals surface area contributed by atoms with Gasteiger partial charge in [-0.1, -0.05) is 6.07 Å². The number of aliphatic hydroxyl groups excluding tert-OH is 1. The lowest BCUT2D eigenvalue weighted by Crippen LogP contribution is -2.38. The molecule has 23 heavy (non-hydrogen) atoms. The number of anilines is 1. The first-order valence-electron chi connectivity index (χ1n) is 7.78. The zero-order valence-electron chi connectivity index (χ0n) is 13.1. The standard InChI is InChI=1S/C16H21N5O2/c1-20-12(7-8-18-20)10-17-15-6-2-5-14(19-15)16(23)21-9-3-4-13(21)11-22/h2,5-8,13,22H,3-4,9-11H2,1H3,(H,17,19). The minimum Gasteiger partial charge on any atom is -0.394 e. The molecule has 1 unspecified atom stereocenters. The number of amides is 1. The minimum atomic E-state index is -0.120. The van der Waals surface area contributed by atoms with E-state index in [0.29, 0.717) is 24.6 Å². The SMILES string of the molecule is Cn1nccc1CNc1cccc(C(=O)N2CCCC2CO)n1. The third-order valence-electron chi connectivity index (χ3n) is 4.19. The molecular weight excluding hydrogens is 294 g/mol. The van der Waals surface area contributed by atoms with Gasteiger partial charge >= 0.3 is 0 Å². The number of aromatic nitrogens is 3. The summed E-state index contributed by atoms with van der Waals surface area (Å²) in [5, 5.41) is 16.7. The van der Waals surface area contributed by atoms with E-state index in [9.17, 15) is 9.90 Å². The highest BCUT2D eigenvalue weighted by Crippen LogP contribution is 2.19. The van der Waals surface area contributed by atoms with Gasteiger partial charge in [-0.05, 0) is 31.0 Å². The predicted molar refractivity (Wildman–Crippen MR) is 85.9 cm³/mol. The van der Waals surface area contributed by atoms with Crippen LogP contribution in [0.25, 0.3) is 0 Å². The van der Waals surface area contributed by atoms with Crippen LogP contribution in [0.2, 0.25) is 0 Å². The molecule has 2 aromatic rings. The Kier molecular flexibility index (Phi) is 4.57. The molecule has 0 saturated carbocycles. The number of aliphatic hydroxyl groups is 1. The smallest absolute Gasteiger partial charge is 0.272 e. The summed E-state index contributed by atoms with van der Waals surface area (Å²) in [6, 6.07) is 7.20. The summed E-state index contributed by atoms with van der Waals surface area (Å²) in [5.41, 5.74) is 1.43. The second-order valence-corrected chi connectivity index (χ2v) is 5.68. The Balaban J connectivity index is 1.69. The van der Waals surface area contributed by atoms with Crippen molar-refractivity contribution in [2.75, 3.05) is 18.5 Å². The van der Waals surface area contributed by atoms with E-state index in [1.54, 1.807) is 21.8 Å². The molecule has 1 saturated heterocycles. The van der Waals surface area contributed by atoms with Crippen LogP contribution in [0.1, 0.15) is 29.0 Å². The van der Waals surface area contributed by atoms with Gasteiger partial charge in [0, 0.05) is 19.8 Å². The Bertz CT molecular complexity index is 685. The van der Waals surface area contributed by atoms with E-state index in [1.807, 2.05) is 25.2 Å². The van der Waals surface area contributed by atoms with E-state index in [1.165, 1.54) is 0 Å². The third kappa shape index (κ3) is 3.34. The van der Waals surface area contributed by atoms with E-state index in [2.05, 4.69) is 15.4 Å². The van der Waals surface area contributed by atoms with Crippen LogP contribution in [-0.2, 0) is 13.6 Å². The third-order valence-corrected chi connectivity index (χ3v) is 4.19. The van der Waals surface area contributed by atoms with Gasteiger partial charge in [0.2, 0.25) is 0 Å². The van der Waals surface area contributed by atoms with Gasteiger partial charge in [-0.3, -0.25) is 9.48 Å². The molecule has 0 spiro atoms. The Morgan fingerprint density at radius 3 is 3.04 bits per heavy atom. The number of hydrogen-bond donors (Lipinski definition) is 2. The molecule has 7 nitrogen and oxygen atoms in total. The largest absolute Gasteiger partial charge is 0.394 e. The second-order valence-electron chi connectivity index (χ2n) is 5.68. The molecule has 2 aromatic heterocycles. The van der Waals surface area contributed by atoms with Crippen LogP contribution in [0.5, 0.6) is 0 Å². The van der Waals surface area contributed by atoms with Crippen LogP contribution in [0.15, 0.2) is 30.5 Å². The van der Waals surface area contributed by atoms with Crippen molar-refractivity contribution >= 4 is 11.7 Å². The molecule has 7 heteroatoms. The van der Waals surface area contributed by atoms with Gasteiger partial charge in [0.25, 0.3) is 5.91 Å². The number of rotatable bonds is 5. The monoisotopic (exact) mass is 315 g/mol. The van der Waals surface area contributed by atoms with Gasteiger partial charge in [0.05, 0.1) is 24.9 Å². The zero-order valence-corrected chi connectivity index (χ0v) is 13.1. The van der Waals surface area contributed by atoms with Gasteiger partial charge in [-0.2, -0.15) is 5.10 Å². The van der Waals surface area contributed by atoms with Crippen molar-refractivity contribution in [3.63, 3.8) is 0 Å². The minimum absolute atomic E-state index is 0.00414. The number of nitrogens with zero attached hydrogens (tertiary/aromatic N) is 4. The van der Waals surface area contributed by atoms with Gasteiger partial charge in [0.15, 0.2) is 0 Å². The molecule has 0 aromatic carbocycles. The number of carbonyl (C=O) groups is 1. The maximum absolute atomic E-state index is 12.6. The molecule has 3 heterocycles. The topological polar surface area (TPSA) is 83.3 Å². The summed E-state index contributed by atoms with van der Waals surface area (Å²) in [6.07, 6.45) is 3.52. The Morgan fingerprint density at radius 2 is 2.30 bits per heavy atom. The van der Waals surface area contributed by atoms with Crippen LogP contribution in [-0.4, -0.2) is 49.9 Å². The molecule has 1 atom stereocenters. The molecule has 0 aliphatic carbocycles. The van der Waals surface area contributed by atoms with Crippen molar-refractivity contribution in [3.05, 3.63) is 41.9 Å². The molecular formula is C16H21N5O2. The molecule has 0 bridgehead atoms. The molecule has 2 N–H and O–H groups in total. The van der Waals surface area contributed by atoms with Gasteiger partial charge in [0.1, 0.15) is 11.5 Å². The highest BCUT2D eigenvalue weighted by Gasteiger charge is 2.29. The number of aryl methyl sites for hydroxylation is 1. The Labute approximate surface area is 134 Å². The number of pyridine rings is 1. The van der Waals surface area contributed by atoms with Crippen LogP contribution in [0.3, 0.4) is 0 Å². The molecule has 0 radical (unpaired) electrons. The Morgan fingerprint density at radius 1 is 1.43 bits per heavy atom. The second kappa shape index (κ2) is 6.78. The van der Waals surface area contributed by atoms with E-state index in [-0.39, 0.29) is 18.6 Å². The maximum atomic E-state index is 12.6. The van der Waals surface area contributed by atoms with Gasteiger partial charge in [-0.25, -0.2) is 4.98 Å². The fourth-order valence-corrected chi connectivity index (χ4v) is 2.85. The van der Waals surface area contributed by atoms with Gasteiger partial charge in [-0.15, -0.1) is 0 Å². The highest BCUT2D eigenvalue weighted by atomic mass is 16.3. The van der Waals surface area contributed by atoms with Crippen molar-refractivity contribution in [2.45, 2.75) is 25.4 Å². The van der Waals surface area contributed by atoms with Crippen LogP contribution in [0.4, 0.5) is 5.82 Å². The number of likely N-dealkylation sites (tertiary alicyclic amines) is 1. The summed E-state index contributed by atoms with van der Waals surface area (Å²) in [5.74, 6) is 0.530. The summed E-state index contributed by atoms with van der Waals surface area (Å²) in [4.78, 5) is 18.7. The predicted octanol–water partition coefficient (Wildman–Crippen LogP) is 1.02. The molecule has 1 aliphatic rings. The summed E-state index contributed by atoms with van der Waals surface area (Å²) < 4.78 is 1.79. The number of hydrogen-bond acceptors (Lipinski definition) is 5. The van der Waals surface area contributed by atoms with Gasteiger partial charge < -0.3 is 15.3 Å². The van der Waals surface area contributed by atoms with Crippen LogP contribution >= 0.6 is 0 Å². The van der Waals surface area contributed by atoms with Crippen molar-refractivity contribution in [3.8, 4) is 0 Å². The van der Waals surface area contributed by atoms with Crippen molar-refractivity contribution in [1.29, 1.82) is 0 Å². The van der Waals surface area contributed by atoms with Crippen molar-refractivity contribution < 1.29 is 9.90 Å². The first-order chi connectivity index (χ1) is 11.2. The Hall–Kier alpha value is -2.41. The van der Waals surface area contributed by atoms with E-state index < -0.39 is 0 Å². The quantitative estimate of drug-likeness (QED) is 0.861. The molecule has 122 valence electrons. The fourth-order valence-electron chi connectivity index (χ4n) is 2.85. The normalized spacial score (nSPS) is 17.5. The first-order valence-corrected chi connectivity index (χ1v) is 7.78. The van der Waals surface area contributed by atoms with E-state index >= 15 is 0 Å². The molecule has 1 fully saturated rings. The fraction of sp³-hybridized carbons (Fsp3) is 0.438. The average molecular weight is 315 g/mol. The lowest BCUT2D eigenvalue weighted by molar-refractivity contribution is 0.0672. The summed E-state index contributed by atoms with van der Waals surface area (Å²) >= 11 is 0. The highest BCUT2D eigenvalue weighted by molar-refractivity contribution is 5.93. The lowest BCUT2D eigenvalue weighted by atomic mass is 10.2. The van der Waals surface area contributed by atoms with Crippen molar-refractivity contribution in [1.82, 2.24) is 19.7 Å². The van der Waals surface area contributed by atoms with E-state index in [0.717, 1.165) is 18.5 Å². The molecule has 3 rings (SSSR count). The van der Waals surface area contributed by atoms with Crippen LogP contribution < -0.4 is 5.32 Å². The number of carbonyl (C=O) groups excluding carboxylic acids is 1. The van der Waals surface area contributed by atoms with Crippen LogP contribution in [0, 0.1) is 0 Å². The first kappa shape index (κ1) is 15.5. The van der Waals surface area contributed by atoms with Crippen molar-refractivity contribution in [2.24, 2.45) is 7.05 Å². The average Bonchev–Trinajstić information content (AvgIpc) is 3.21. The van der Waals surface area contributed by atoms with E-state index in [4.69, 9.17) is 0 Å². The summed E-state index contributed by atoms with van der Waals surface area (Å²) in [6.45, 7) is 1.27.